The average Bonchev–Trinajstić information content (AvgIpc) is 2.51. The van der Waals surface area contributed by atoms with Gasteiger partial charge in [-0.05, 0) is 37.6 Å². The van der Waals surface area contributed by atoms with Crippen LogP contribution in [0.5, 0.6) is 0 Å². The zero-order valence-corrected chi connectivity index (χ0v) is 15.4. The summed E-state index contributed by atoms with van der Waals surface area (Å²) >= 11 is 3.14. The largest absolute Gasteiger partial charge is 0.466 e. The Kier molecular flexibility index (Phi) is 7.26. The molecule has 0 spiro atoms. The van der Waals surface area contributed by atoms with E-state index in [-0.39, 0.29) is 30.0 Å². The van der Waals surface area contributed by atoms with E-state index in [1.54, 1.807) is 6.92 Å². The third kappa shape index (κ3) is 6.62. The monoisotopic (exact) mass is 447 g/mol. The number of ether oxygens (including phenoxy) is 1. The van der Waals surface area contributed by atoms with Gasteiger partial charge in [0.1, 0.15) is 0 Å². The molecule has 1 aromatic carbocycles. The van der Waals surface area contributed by atoms with Crippen molar-refractivity contribution in [3.05, 3.63) is 34.9 Å². The van der Waals surface area contributed by atoms with Crippen LogP contribution in [0.15, 0.2) is 23.2 Å². The lowest BCUT2D eigenvalue weighted by Gasteiger charge is -2.21. The Morgan fingerprint density at radius 1 is 1.12 bits per heavy atom. The van der Waals surface area contributed by atoms with Gasteiger partial charge in [-0.2, -0.15) is 26.3 Å². The van der Waals surface area contributed by atoms with E-state index in [0.717, 1.165) is 6.21 Å². The maximum absolute atomic E-state index is 12.9. The van der Waals surface area contributed by atoms with E-state index in [0.29, 0.717) is 12.1 Å². The molecule has 1 atom stereocenters. The third-order valence-electron chi connectivity index (χ3n) is 3.25. The lowest BCUT2D eigenvalue weighted by Crippen LogP contribution is -2.29. The first-order chi connectivity index (χ1) is 11.8. The number of hydrogen-bond donors (Lipinski definition) is 0. The highest BCUT2D eigenvalue weighted by atomic mass is 79.9. The fourth-order valence-corrected chi connectivity index (χ4v) is 2.28. The van der Waals surface area contributed by atoms with Gasteiger partial charge in [-0.1, -0.05) is 15.9 Å². The predicted molar refractivity (Wildman–Crippen MR) is 87.5 cm³/mol. The number of benzene rings is 1. The highest BCUT2D eigenvalue weighted by Crippen LogP contribution is 2.36. The Morgan fingerprint density at radius 2 is 1.62 bits per heavy atom. The van der Waals surface area contributed by atoms with Gasteiger partial charge in [0.05, 0.1) is 29.7 Å². The summed E-state index contributed by atoms with van der Waals surface area (Å²) in [7, 11) is 0. The van der Waals surface area contributed by atoms with Crippen molar-refractivity contribution in [1.29, 1.82) is 0 Å². The van der Waals surface area contributed by atoms with Gasteiger partial charge in [0, 0.05) is 11.5 Å². The standard InChI is InChI=1S/C16H16BrF6NO2/c1-3-26-13(25)7-14(2,9-17)24-8-10-4-11(15(18,19)20)6-12(5-10)16(21,22)23/h4-6,8H,3,7,9H2,1-2H3. The molecule has 1 unspecified atom stereocenters. The number of aliphatic imine (C=N–C) groups is 1. The number of alkyl halides is 7. The maximum Gasteiger partial charge on any atom is 0.416 e. The van der Waals surface area contributed by atoms with Crippen LogP contribution in [0, 0.1) is 0 Å². The van der Waals surface area contributed by atoms with Crippen LogP contribution >= 0.6 is 15.9 Å². The van der Waals surface area contributed by atoms with Crippen molar-refractivity contribution in [2.75, 3.05) is 11.9 Å². The number of carbonyl (C=O) groups excluding carboxylic acids is 1. The number of carbonyl (C=O) groups is 1. The molecule has 0 saturated carbocycles. The highest BCUT2D eigenvalue weighted by Gasteiger charge is 2.37. The summed E-state index contributed by atoms with van der Waals surface area (Å²) in [5, 5.41) is 0.153. The fourth-order valence-electron chi connectivity index (χ4n) is 1.93. The Bertz CT molecular complexity index is 639. The number of nitrogens with zero attached hydrogens (tertiary/aromatic N) is 1. The number of rotatable bonds is 6. The summed E-state index contributed by atoms with van der Waals surface area (Å²) in [5.41, 5.74) is -4.32. The average molecular weight is 448 g/mol. The molecule has 1 rings (SSSR count). The minimum atomic E-state index is -4.94. The molecule has 1 aromatic rings. The molecule has 0 N–H and O–H groups in total. The van der Waals surface area contributed by atoms with Gasteiger partial charge < -0.3 is 4.74 Å². The van der Waals surface area contributed by atoms with Gasteiger partial charge in [-0.25, -0.2) is 0 Å². The van der Waals surface area contributed by atoms with Gasteiger partial charge in [-0.15, -0.1) is 0 Å². The van der Waals surface area contributed by atoms with E-state index in [1.807, 2.05) is 0 Å². The molecular weight excluding hydrogens is 432 g/mol. The summed E-state index contributed by atoms with van der Waals surface area (Å²) in [6, 6.07) is 1.18. The molecule has 0 fully saturated rings. The van der Waals surface area contributed by atoms with Crippen LogP contribution in [0.4, 0.5) is 26.3 Å². The molecule has 3 nitrogen and oxygen atoms in total. The first-order valence-corrected chi connectivity index (χ1v) is 8.49. The molecule has 0 bridgehead atoms. The summed E-state index contributed by atoms with van der Waals surface area (Å²) in [6.45, 7) is 3.27. The lowest BCUT2D eigenvalue weighted by atomic mass is 10.0. The Balaban J connectivity index is 3.24. The van der Waals surface area contributed by atoms with Crippen molar-refractivity contribution in [3.63, 3.8) is 0 Å². The SMILES string of the molecule is CCOC(=O)CC(C)(CBr)N=Cc1cc(C(F)(F)F)cc(C(F)(F)F)c1. The molecule has 0 aromatic heterocycles. The number of hydrogen-bond acceptors (Lipinski definition) is 3. The number of halogens is 7. The van der Waals surface area contributed by atoms with Crippen LogP contribution in [0.2, 0.25) is 0 Å². The van der Waals surface area contributed by atoms with Crippen molar-refractivity contribution >= 4 is 28.1 Å². The van der Waals surface area contributed by atoms with Crippen molar-refractivity contribution in [3.8, 4) is 0 Å². The molecule has 146 valence electrons. The second-order valence-corrected chi connectivity index (χ2v) is 6.27. The first kappa shape index (κ1) is 22.5. The second kappa shape index (κ2) is 8.41. The molecule has 0 saturated heterocycles. The van der Waals surface area contributed by atoms with Gasteiger partial charge in [0.2, 0.25) is 0 Å². The third-order valence-corrected chi connectivity index (χ3v) is 4.46. The van der Waals surface area contributed by atoms with Crippen LogP contribution in [-0.2, 0) is 21.9 Å². The van der Waals surface area contributed by atoms with Crippen molar-refractivity contribution < 1.29 is 35.9 Å². The van der Waals surface area contributed by atoms with E-state index in [2.05, 4.69) is 20.9 Å². The minimum absolute atomic E-state index is 0.0413. The van der Waals surface area contributed by atoms with Crippen LogP contribution in [0.1, 0.15) is 37.0 Å². The maximum atomic E-state index is 12.9. The Labute approximate surface area is 154 Å². The smallest absolute Gasteiger partial charge is 0.416 e. The Hall–Kier alpha value is -1.58. The molecule has 0 amide bonds. The fraction of sp³-hybridized carbons (Fsp3) is 0.500. The highest BCUT2D eigenvalue weighted by molar-refractivity contribution is 9.09. The van der Waals surface area contributed by atoms with Crippen molar-refractivity contribution in [2.45, 2.75) is 38.2 Å². The zero-order chi connectivity index (χ0) is 20.2. The van der Waals surface area contributed by atoms with Crippen molar-refractivity contribution in [2.24, 2.45) is 4.99 Å². The molecule has 0 aliphatic rings. The minimum Gasteiger partial charge on any atom is -0.466 e. The second-order valence-electron chi connectivity index (χ2n) is 5.71. The molecular formula is C16H16BrF6NO2. The molecule has 0 heterocycles. The molecule has 26 heavy (non-hydrogen) atoms. The van der Waals surface area contributed by atoms with Gasteiger partial charge >= 0.3 is 18.3 Å². The predicted octanol–water partition coefficient (Wildman–Crippen LogP) is 5.25. The van der Waals surface area contributed by atoms with E-state index in [1.165, 1.54) is 6.92 Å². The summed E-state index contributed by atoms with van der Waals surface area (Å²) in [4.78, 5) is 15.6. The van der Waals surface area contributed by atoms with Gasteiger partial charge in [0.15, 0.2) is 0 Å². The van der Waals surface area contributed by atoms with Crippen LogP contribution in [0.25, 0.3) is 0 Å². The molecule has 0 radical (unpaired) electrons. The summed E-state index contributed by atoms with van der Waals surface area (Å²) < 4.78 is 81.9. The molecule has 10 heteroatoms. The van der Waals surface area contributed by atoms with Gasteiger partial charge in [-0.3, -0.25) is 9.79 Å². The van der Waals surface area contributed by atoms with Crippen LogP contribution in [0.3, 0.4) is 0 Å². The van der Waals surface area contributed by atoms with Gasteiger partial charge in [0.25, 0.3) is 0 Å². The molecule has 0 aliphatic heterocycles. The van der Waals surface area contributed by atoms with Crippen LogP contribution < -0.4 is 0 Å². The van der Waals surface area contributed by atoms with E-state index >= 15 is 0 Å². The summed E-state index contributed by atoms with van der Waals surface area (Å²) in [6.07, 6.45) is -9.17. The summed E-state index contributed by atoms with van der Waals surface area (Å²) in [5.74, 6) is -0.577. The van der Waals surface area contributed by atoms with E-state index in [9.17, 15) is 31.1 Å². The molecule has 0 aliphatic carbocycles. The first-order valence-electron chi connectivity index (χ1n) is 7.37. The number of esters is 1. The topological polar surface area (TPSA) is 38.7 Å². The van der Waals surface area contributed by atoms with Crippen LogP contribution in [-0.4, -0.2) is 29.7 Å². The van der Waals surface area contributed by atoms with Crippen molar-refractivity contribution in [1.82, 2.24) is 0 Å². The lowest BCUT2D eigenvalue weighted by molar-refractivity contribution is -0.144. The quantitative estimate of drug-likeness (QED) is 0.258. The normalized spacial score (nSPS) is 15.1. The van der Waals surface area contributed by atoms with E-state index in [4.69, 9.17) is 4.74 Å². The van der Waals surface area contributed by atoms with E-state index < -0.39 is 35.0 Å². The zero-order valence-electron chi connectivity index (χ0n) is 13.8. The Morgan fingerprint density at radius 3 is 2.00 bits per heavy atom.